The normalized spacial score (nSPS) is 14.5. The van der Waals surface area contributed by atoms with E-state index in [4.69, 9.17) is 0 Å². The lowest BCUT2D eigenvalue weighted by Crippen LogP contribution is -2.18. The van der Waals surface area contributed by atoms with Gasteiger partial charge in [0.25, 0.3) is 0 Å². The highest BCUT2D eigenvalue weighted by Gasteiger charge is 2.13. The first-order valence-electron chi connectivity index (χ1n) is 4.82. The molecule has 2 heteroatoms. The van der Waals surface area contributed by atoms with Crippen molar-refractivity contribution in [3.8, 4) is 0 Å². The largest absolute Gasteiger partial charge is 0.322 e. The van der Waals surface area contributed by atoms with E-state index < -0.39 is 0 Å². The second kappa shape index (κ2) is 2.95. The fourth-order valence-corrected chi connectivity index (χ4v) is 1.87. The van der Waals surface area contributed by atoms with Crippen LogP contribution in [0.3, 0.4) is 0 Å². The minimum atomic E-state index is 0.605. The molecule has 0 aliphatic carbocycles. The van der Waals surface area contributed by atoms with Gasteiger partial charge in [0, 0.05) is 12.7 Å². The number of nitrogens with zero attached hydrogens (tertiary/aromatic N) is 1. The zero-order valence-corrected chi connectivity index (χ0v) is 8.46. The maximum atomic E-state index is 3.31. The van der Waals surface area contributed by atoms with Crippen LogP contribution in [-0.2, 0) is 0 Å². The standard InChI is InChI=1S/C11H16N2/c1-8(2)10-7-13-11(9(10)3)5-4-6-12-13/h4-5,7-8,12H,6H2,1-3H3. The smallest absolute Gasteiger partial charge is 0.0649 e. The van der Waals surface area contributed by atoms with E-state index >= 15 is 0 Å². The molecule has 1 aromatic heterocycles. The minimum Gasteiger partial charge on any atom is -0.322 e. The van der Waals surface area contributed by atoms with E-state index in [2.05, 4.69) is 49.2 Å². The predicted octanol–water partition coefficient (Wildman–Crippen LogP) is 2.49. The van der Waals surface area contributed by atoms with Crippen LogP contribution in [0.15, 0.2) is 12.3 Å². The summed E-state index contributed by atoms with van der Waals surface area (Å²) < 4.78 is 2.13. The maximum absolute atomic E-state index is 3.31. The molecule has 1 aliphatic heterocycles. The Kier molecular flexibility index (Phi) is 1.91. The number of hydrogen-bond donors (Lipinski definition) is 1. The summed E-state index contributed by atoms with van der Waals surface area (Å²) in [5, 5.41) is 0. The van der Waals surface area contributed by atoms with Gasteiger partial charge in [-0.15, -0.1) is 0 Å². The van der Waals surface area contributed by atoms with E-state index in [1.54, 1.807) is 0 Å². The average Bonchev–Trinajstić information content (AvgIpc) is 2.45. The van der Waals surface area contributed by atoms with Crippen LogP contribution in [0, 0.1) is 6.92 Å². The molecular formula is C11H16N2. The van der Waals surface area contributed by atoms with Crippen molar-refractivity contribution in [2.75, 3.05) is 12.0 Å². The van der Waals surface area contributed by atoms with E-state index in [0.29, 0.717) is 5.92 Å². The van der Waals surface area contributed by atoms with Crippen LogP contribution in [0.25, 0.3) is 6.08 Å². The first kappa shape index (κ1) is 8.42. The molecule has 0 atom stereocenters. The lowest BCUT2D eigenvalue weighted by atomic mass is 10.0. The quantitative estimate of drug-likeness (QED) is 0.695. The van der Waals surface area contributed by atoms with Crippen molar-refractivity contribution >= 4 is 6.08 Å². The van der Waals surface area contributed by atoms with Gasteiger partial charge in [-0.25, -0.2) is 0 Å². The van der Waals surface area contributed by atoms with Crippen molar-refractivity contribution in [1.82, 2.24) is 4.68 Å². The maximum Gasteiger partial charge on any atom is 0.0649 e. The molecule has 2 rings (SSSR count). The highest BCUT2D eigenvalue weighted by molar-refractivity contribution is 5.56. The molecule has 0 unspecified atom stereocenters. The Morgan fingerprint density at radius 2 is 2.23 bits per heavy atom. The third-order valence-electron chi connectivity index (χ3n) is 2.62. The van der Waals surface area contributed by atoms with Gasteiger partial charge in [-0.1, -0.05) is 19.9 Å². The molecule has 2 nitrogen and oxygen atoms in total. The molecule has 1 N–H and O–H groups in total. The average molecular weight is 176 g/mol. The Labute approximate surface area is 79.2 Å². The summed E-state index contributed by atoms with van der Waals surface area (Å²) in [5.74, 6) is 0.605. The van der Waals surface area contributed by atoms with Gasteiger partial charge >= 0.3 is 0 Å². The molecular weight excluding hydrogens is 160 g/mol. The van der Waals surface area contributed by atoms with Gasteiger partial charge in [-0.05, 0) is 30.0 Å². The number of fused-ring (bicyclic) bond motifs is 1. The fraction of sp³-hybridized carbons (Fsp3) is 0.455. The molecule has 0 spiro atoms. The van der Waals surface area contributed by atoms with Gasteiger partial charge in [-0.3, -0.25) is 4.68 Å². The van der Waals surface area contributed by atoms with E-state index in [0.717, 1.165) is 6.54 Å². The lowest BCUT2D eigenvalue weighted by Gasteiger charge is -2.12. The van der Waals surface area contributed by atoms with E-state index in [1.807, 2.05) is 0 Å². The van der Waals surface area contributed by atoms with Crippen LogP contribution in [-0.4, -0.2) is 11.2 Å². The number of hydrogen-bond acceptors (Lipinski definition) is 1. The van der Waals surface area contributed by atoms with Crippen LogP contribution in [0.2, 0.25) is 0 Å². The van der Waals surface area contributed by atoms with Crippen molar-refractivity contribution in [2.24, 2.45) is 0 Å². The lowest BCUT2D eigenvalue weighted by molar-refractivity contribution is 0.837. The Morgan fingerprint density at radius 1 is 1.46 bits per heavy atom. The molecule has 13 heavy (non-hydrogen) atoms. The summed E-state index contributed by atoms with van der Waals surface area (Å²) in [6.07, 6.45) is 6.56. The Hall–Kier alpha value is -1.18. The third kappa shape index (κ3) is 1.26. The second-order valence-electron chi connectivity index (χ2n) is 3.88. The zero-order chi connectivity index (χ0) is 9.42. The van der Waals surface area contributed by atoms with Crippen molar-refractivity contribution in [1.29, 1.82) is 0 Å². The highest BCUT2D eigenvalue weighted by Crippen LogP contribution is 2.25. The molecule has 0 saturated heterocycles. The number of nitrogens with one attached hydrogen (secondary N) is 1. The van der Waals surface area contributed by atoms with E-state index in [-0.39, 0.29) is 0 Å². The van der Waals surface area contributed by atoms with Crippen LogP contribution >= 0.6 is 0 Å². The Bertz CT molecular complexity index is 345. The molecule has 0 fully saturated rings. The molecule has 0 saturated carbocycles. The van der Waals surface area contributed by atoms with Gasteiger partial charge in [0.2, 0.25) is 0 Å². The summed E-state index contributed by atoms with van der Waals surface area (Å²) in [6.45, 7) is 7.59. The second-order valence-corrected chi connectivity index (χ2v) is 3.88. The van der Waals surface area contributed by atoms with Gasteiger partial charge in [-0.2, -0.15) is 0 Å². The summed E-state index contributed by atoms with van der Waals surface area (Å²) >= 11 is 0. The molecule has 0 amide bonds. The van der Waals surface area contributed by atoms with Gasteiger partial charge in [0.05, 0.1) is 5.69 Å². The predicted molar refractivity (Wildman–Crippen MR) is 56.5 cm³/mol. The van der Waals surface area contributed by atoms with Crippen molar-refractivity contribution < 1.29 is 0 Å². The summed E-state index contributed by atoms with van der Waals surface area (Å²) in [4.78, 5) is 0. The van der Waals surface area contributed by atoms with E-state index in [9.17, 15) is 0 Å². The number of rotatable bonds is 1. The Morgan fingerprint density at radius 3 is 2.85 bits per heavy atom. The molecule has 0 aromatic carbocycles. The fourth-order valence-electron chi connectivity index (χ4n) is 1.87. The summed E-state index contributed by atoms with van der Waals surface area (Å²) in [7, 11) is 0. The monoisotopic (exact) mass is 176 g/mol. The summed E-state index contributed by atoms with van der Waals surface area (Å²) in [5.41, 5.74) is 7.45. The summed E-state index contributed by atoms with van der Waals surface area (Å²) in [6, 6.07) is 0. The van der Waals surface area contributed by atoms with Crippen molar-refractivity contribution in [3.05, 3.63) is 29.1 Å². The molecule has 1 aromatic rings. The van der Waals surface area contributed by atoms with E-state index in [1.165, 1.54) is 16.8 Å². The van der Waals surface area contributed by atoms with Crippen LogP contribution < -0.4 is 5.43 Å². The first-order valence-corrected chi connectivity index (χ1v) is 4.82. The molecule has 2 heterocycles. The van der Waals surface area contributed by atoms with Gasteiger partial charge in [0.15, 0.2) is 0 Å². The SMILES string of the molecule is Cc1c(C(C)C)cn2c1C=CCN2. The zero-order valence-electron chi connectivity index (χ0n) is 8.46. The molecule has 0 bridgehead atoms. The van der Waals surface area contributed by atoms with Gasteiger partial charge in [0.1, 0.15) is 0 Å². The van der Waals surface area contributed by atoms with Crippen LogP contribution in [0.5, 0.6) is 0 Å². The number of aromatic nitrogens is 1. The van der Waals surface area contributed by atoms with Crippen LogP contribution in [0.1, 0.15) is 36.6 Å². The van der Waals surface area contributed by atoms with Crippen molar-refractivity contribution in [3.63, 3.8) is 0 Å². The first-order chi connectivity index (χ1) is 6.20. The molecule has 70 valence electrons. The third-order valence-corrected chi connectivity index (χ3v) is 2.62. The topological polar surface area (TPSA) is 17.0 Å². The molecule has 0 radical (unpaired) electrons. The minimum absolute atomic E-state index is 0.605. The van der Waals surface area contributed by atoms with Gasteiger partial charge < -0.3 is 5.43 Å². The van der Waals surface area contributed by atoms with Crippen molar-refractivity contribution in [2.45, 2.75) is 26.7 Å². The Balaban J connectivity index is 2.52. The highest BCUT2D eigenvalue weighted by atomic mass is 15.4. The molecule has 1 aliphatic rings. The van der Waals surface area contributed by atoms with Crippen LogP contribution in [0.4, 0.5) is 0 Å².